The molecule has 0 radical (unpaired) electrons. The molecule has 2 aliphatic heterocycles. The van der Waals surface area contributed by atoms with E-state index in [-0.39, 0.29) is 5.41 Å². The number of rotatable bonds is 10. The number of aliphatic hydroxyl groups is 1. The van der Waals surface area contributed by atoms with E-state index in [2.05, 4.69) is 34.1 Å². The van der Waals surface area contributed by atoms with Gasteiger partial charge in [0.05, 0.1) is 12.9 Å². The molecule has 0 amide bonds. The molecule has 6 nitrogen and oxygen atoms in total. The zero-order valence-corrected chi connectivity index (χ0v) is 25.7. The van der Waals surface area contributed by atoms with Crippen LogP contribution < -0.4 is 0 Å². The normalized spacial score (nSPS) is 22.7. The maximum atomic E-state index is 11.0. The molecule has 4 aliphatic rings. The number of hydrogen-bond acceptors (Lipinski definition) is 6. The van der Waals surface area contributed by atoms with E-state index in [4.69, 9.17) is 32.5 Å². The SMILES string of the molecule is CS(=O)(=O)OCC1CN(CC2(c3ccc(Cl)cc3)CCC2)C1.OCC1CN(CC2(c3ccc(Cl)cc3)CCC2)C1. The fraction of sp³-hybridized carbons (Fsp3) is 0.613. The lowest BCUT2D eigenvalue weighted by atomic mass is 9.63. The van der Waals surface area contributed by atoms with Crippen LogP contribution in [0.4, 0.5) is 0 Å². The predicted molar refractivity (Wildman–Crippen MR) is 162 cm³/mol. The average molecular weight is 610 g/mol. The molecule has 2 aromatic rings. The van der Waals surface area contributed by atoms with Crippen molar-refractivity contribution in [3.63, 3.8) is 0 Å². The molecule has 9 heteroatoms. The van der Waals surface area contributed by atoms with Gasteiger partial charge >= 0.3 is 0 Å². The van der Waals surface area contributed by atoms with E-state index in [0.29, 0.717) is 30.5 Å². The van der Waals surface area contributed by atoms with Crippen molar-refractivity contribution in [1.29, 1.82) is 0 Å². The third-order valence-corrected chi connectivity index (χ3v) is 10.5. The van der Waals surface area contributed by atoms with Gasteiger partial charge in [0.2, 0.25) is 0 Å². The summed E-state index contributed by atoms with van der Waals surface area (Å²) in [7, 11) is -3.32. The highest BCUT2D eigenvalue weighted by molar-refractivity contribution is 7.85. The Morgan fingerprint density at radius 3 is 1.50 bits per heavy atom. The summed E-state index contributed by atoms with van der Waals surface area (Å²) in [5.74, 6) is 0.837. The van der Waals surface area contributed by atoms with E-state index in [1.165, 1.54) is 49.7 Å². The topological polar surface area (TPSA) is 70.1 Å². The second-order valence-electron chi connectivity index (χ2n) is 12.6. The van der Waals surface area contributed by atoms with Crippen LogP contribution in [0.15, 0.2) is 48.5 Å². The van der Waals surface area contributed by atoms with Crippen molar-refractivity contribution in [1.82, 2.24) is 9.80 Å². The molecule has 4 fully saturated rings. The Morgan fingerprint density at radius 2 is 1.18 bits per heavy atom. The third kappa shape index (κ3) is 7.23. The number of aliphatic hydroxyl groups excluding tert-OH is 1. The molecule has 2 heterocycles. The van der Waals surface area contributed by atoms with Gasteiger partial charge in [0.25, 0.3) is 10.1 Å². The van der Waals surface area contributed by atoms with Gasteiger partial charge < -0.3 is 14.9 Å². The molecule has 6 rings (SSSR count). The predicted octanol–water partition coefficient (Wildman–Crippen LogP) is 5.36. The molecule has 0 unspecified atom stereocenters. The second kappa shape index (κ2) is 12.6. The van der Waals surface area contributed by atoms with Crippen molar-refractivity contribution >= 4 is 33.3 Å². The summed E-state index contributed by atoms with van der Waals surface area (Å²) in [5.41, 5.74) is 3.42. The monoisotopic (exact) mass is 608 g/mol. The Balaban J connectivity index is 0.000000164. The summed E-state index contributed by atoms with van der Waals surface area (Å²) >= 11 is 12.0. The molecule has 1 N–H and O–H groups in total. The molecule has 2 saturated carbocycles. The Kier molecular flexibility index (Phi) is 9.52. The fourth-order valence-electron chi connectivity index (χ4n) is 6.80. The lowest BCUT2D eigenvalue weighted by Crippen LogP contribution is -2.55. The van der Waals surface area contributed by atoms with Crippen molar-refractivity contribution in [3.05, 3.63) is 69.7 Å². The van der Waals surface area contributed by atoms with Crippen LogP contribution in [-0.4, -0.2) is 82.1 Å². The number of nitrogens with zero attached hydrogens (tertiary/aromatic N) is 2. The second-order valence-corrected chi connectivity index (χ2v) is 15.1. The summed E-state index contributed by atoms with van der Waals surface area (Å²) in [6.45, 7) is 6.80. The van der Waals surface area contributed by atoms with Gasteiger partial charge in [-0.3, -0.25) is 4.18 Å². The van der Waals surface area contributed by atoms with E-state index in [1.807, 2.05) is 24.3 Å². The van der Waals surface area contributed by atoms with Crippen LogP contribution >= 0.6 is 23.2 Å². The standard InChI is InChI=1S/C16H22ClNO3S.C15H20ClNO/c1-22(19,20)21-11-13-9-18(10-13)12-16(7-2-8-16)14-3-5-15(17)6-4-14;16-14-4-2-13(3-5-14)15(6-1-7-15)11-17-8-12(9-17)10-18/h3-6,13H,2,7-12H2,1H3;2-5,12,18H,1,6-11H2. The van der Waals surface area contributed by atoms with Crippen LogP contribution in [0.1, 0.15) is 49.7 Å². The van der Waals surface area contributed by atoms with E-state index >= 15 is 0 Å². The highest BCUT2D eigenvalue weighted by Crippen LogP contribution is 2.46. The van der Waals surface area contributed by atoms with E-state index in [9.17, 15) is 8.42 Å². The molecule has 40 heavy (non-hydrogen) atoms. The fourth-order valence-corrected chi connectivity index (χ4v) is 7.49. The van der Waals surface area contributed by atoms with Gasteiger partial charge in [0.1, 0.15) is 0 Å². The highest BCUT2D eigenvalue weighted by Gasteiger charge is 2.43. The Morgan fingerprint density at radius 1 is 0.775 bits per heavy atom. The van der Waals surface area contributed by atoms with Crippen LogP contribution in [0.25, 0.3) is 0 Å². The minimum absolute atomic E-state index is 0.257. The molecular weight excluding hydrogens is 567 g/mol. The first-order valence-corrected chi connectivity index (χ1v) is 17.1. The van der Waals surface area contributed by atoms with Crippen LogP contribution in [0.5, 0.6) is 0 Å². The molecule has 2 saturated heterocycles. The van der Waals surface area contributed by atoms with Crippen molar-refractivity contribution in [2.75, 3.05) is 58.7 Å². The minimum Gasteiger partial charge on any atom is -0.396 e. The maximum Gasteiger partial charge on any atom is 0.264 e. The van der Waals surface area contributed by atoms with Gasteiger partial charge in [0, 0.05) is 78.6 Å². The molecule has 2 aliphatic carbocycles. The van der Waals surface area contributed by atoms with E-state index < -0.39 is 10.1 Å². The summed E-state index contributed by atoms with van der Waals surface area (Å²) in [6, 6.07) is 16.6. The Bertz CT molecular complexity index is 1220. The number of hydrogen-bond donors (Lipinski definition) is 1. The molecule has 2 aromatic carbocycles. The third-order valence-electron chi connectivity index (χ3n) is 9.43. The first kappa shape index (κ1) is 30.3. The highest BCUT2D eigenvalue weighted by atomic mass is 35.5. The quantitative estimate of drug-likeness (QED) is 0.366. The van der Waals surface area contributed by atoms with Crippen molar-refractivity contribution < 1.29 is 17.7 Å². The van der Waals surface area contributed by atoms with Gasteiger partial charge in [0.15, 0.2) is 0 Å². The smallest absolute Gasteiger partial charge is 0.264 e. The lowest BCUT2D eigenvalue weighted by Gasteiger charge is -2.50. The summed E-state index contributed by atoms with van der Waals surface area (Å²) < 4.78 is 26.9. The lowest BCUT2D eigenvalue weighted by molar-refractivity contribution is 0.0190. The minimum atomic E-state index is -3.32. The van der Waals surface area contributed by atoms with Gasteiger partial charge in [-0.15, -0.1) is 0 Å². The molecule has 0 aromatic heterocycles. The zero-order chi connectivity index (χ0) is 28.4. The van der Waals surface area contributed by atoms with Crippen LogP contribution in [0.3, 0.4) is 0 Å². The molecule has 0 spiro atoms. The van der Waals surface area contributed by atoms with Crippen molar-refractivity contribution in [3.8, 4) is 0 Å². The zero-order valence-electron chi connectivity index (χ0n) is 23.4. The summed E-state index contributed by atoms with van der Waals surface area (Å²) in [4.78, 5) is 4.89. The van der Waals surface area contributed by atoms with E-state index in [1.54, 1.807) is 0 Å². The average Bonchev–Trinajstić information content (AvgIpc) is 2.81. The van der Waals surface area contributed by atoms with Crippen LogP contribution in [-0.2, 0) is 25.1 Å². The number of likely N-dealkylation sites (tertiary alicyclic amines) is 2. The number of halogens is 2. The first-order chi connectivity index (χ1) is 19.1. The molecule has 0 atom stereocenters. The molecule has 0 bridgehead atoms. The number of benzene rings is 2. The molecule has 220 valence electrons. The van der Waals surface area contributed by atoms with Crippen molar-refractivity contribution in [2.45, 2.75) is 49.4 Å². The Labute approximate surface area is 249 Å². The molecular formula is C31H42Cl2N2O4S. The van der Waals surface area contributed by atoms with Gasteiger partial charge in [-0.2, -0.15) is 8.42 Å². The van der Waals surface area contributed by atoms with Gasteiger partial charge in [-0.05, 0) is 61.1 Å². The van der Waals surface area contributed by atoms with Crippen molar-refractivity contribution in [2.24, 2.45) is 11.8 Å². The van der Waals surface area contributed by atoms with Crippen LogP contribution in [0, 0.1) is 11.8 Å². The summed E-state index contributed by atoms with van der Waals surface area (Å²) in [5, 5.41) is 10.7. The van der Waals surface area contributed by atoms with E-state index in [0.717, 1.165) is 55.6 Å². The summed E-state index contributed by atoms with van der Waals surface area (Å²) in [6.07, 6.45) is 8.72. The first-order valence-electron chi connectivity index (χ1n) is 14.5. The van der Waals surface area contributed by atoms with Gasteiger partial charge in [-0.25, -0.2) is 0 Å². The van der Waals surface area contributed by atoms with Gasteiger partial charge in [-0.1, -0.05) is 60.3 Å². The maximum absolute atomic E-state index is 11.0. The van der Waals surface area contributed by atoms with Crippen LogP contribution in [0.2, 0.25) is 10.0 Å². The Hall–Kier alpha value is -1.19. The largest absolute Gasteiger partial charge is 0.396 e.